The van der Waals surface area contributed by atoms with Crippen LogP contribution < -0.4 is 5.32 Å². The van der Waals surface area contributed by atoms with Crippen molar-refractivity contribution in [3.8, 4) is 0 Å². The quantitative estimate of drug-likeness (QED) is 0.704. The Balaban J connectivity index is 4.21. The summed E-state index contributed by atoms with van der Waals surface area (Å²) in [6.07, 6.45) is 1.89. The molecule has 2 N–H and O–H groups in total. The van der Waals surface area contributed by atoms with Crippen LogP contribution in [0, 0.1) is 11.3 Å². The van der Waals surface area contributed by atoms with Gasteiger partial charge in [-0.15, -0.1) is 0 Å². The minimum Gasteiger partial charge on any atom is -0.383 e. The number of amides is 1. The number of carbonyl (C=O) groups is 1. The molecule has 3 heteroatoms. The molecule has 0 radical (unpaired) electrons. The maximum absolute atomic E-state index is 11.6. The van der Waals surface area contributed by atoms with Gasteiger partial charge >= 0.3 is 0 Å². The van der Waals surface area contributed by atoms with Crippen LogP contribution in [0.25, 0.3) is 0 Å². The molecule has 0 fully saturated rings. The predicted molar refractivity (Wildman–Crippen MR) is 67.2 cm³/mol. The lowest BCUT2D eigenvalue weighted by molar-refractivity contribution is -0.135. The standard InChI is InChI=1S/C13H27NO2/c1-6-9-14-12(16)11(15)13(4,5)8-7-10(2)3/h10-11,15H,6-9H2,1-5H3,(H,14,16). The van der Waals surface area contributed by atoms with Gasteiger partial charge in [-0.1, -0.05) is 41.0 Å². The van der Waals surface area contributed by atoms with Crippen molar-refractivity contribution >= 4 is 5.91 Å². The van der Waals surface area contributed by atoms with Crippen molar-refractivity contribution in [1.82, 2.24) is 5.32 Å². The number of rotatable bonds is 7. The first-order chi connectivity index (χ1) is 7.31. The molecule has 1 atom stereocenters. The summed E-state index contributed by atoms with van der Waals surface area (Å²) in [6, 6.07) is 0. The molecule has 16 heavy (non-hydrogen) atoms. The van der Waals surface area contributed by atoms with Crippen molar-refractivity contribution in [3.05, 3.63) is 0 Å². The second kappa shape index (κ2) is 6.89. The van der Waals surface area contributed by atoms with Gasteiger partial charge in [-0.05, 0) is 24.2 Å². The first-order valence-corrected chi connectivity index (χ1v) is 6.27. The van der Waals surface area contributed by atoms with Crippen LogP contribution in [0.1, 0.15) is 53.9 Å². The lowest BCUT2D eigenvalue weighted by Gasteiger charge is -2.30. The van der Waals surface area contributed by atoms with E-state index < -0.39 is 6.10 Å². The van der Waals surface area contributed by atoms with Gasteiger partial charge in [0.15, 0.2) is 0 Å². The molecule has 0 saturated heterocycles. The van der Waals surface area contributed by atoms with Crippen LogP contribution in [0.3, 0.4) is 0 Å². The molecule has 1 unspecified atom stereocenters. The van der Waals surface area contributed by atoms with Crippen LogP contribution in [0.2, 0.25) is 0 Å². The summed E-state index contributed by atoms with van der Waals surface area (Å²) < 4.78 is 0. The van der Waals surface area contributed by atoms with Crippen molar-refractivity contribution in [3.63, 3.8) is 0 Å². The summed E-state index contributed by atoms with van der Waals surface area (Å²) in [5.41, 5.74) is -0.345. The topological polar surface area (TPSA) is 49.3 Å². The highest BCUT2D eigenvalue weighted by Crippen LogP contribution is 2.28. The maximum Gasteiger partial charge on any atom is 0.249 e. The molecular weight excluding hydrogens is 202 g/mol. The minimum atomic E-state index is -0.905. The number of aliphatic hydroxyl groups is 1. The fourth-order valence-corrected chi connectivity index (χ4v) is 1.50. The Labute approximate surface area is 99.6 Å². The first-order valence-electron chi connectivity index (χ1n) is 6.27. The zero-order chi connectivity index (χ0) is 12.8. The van der Waals surface area contributed by atoms with E-state index in [4.69, 9.17) is 0 Å². The zero-order valence-corrected chi connectivity index (χ0v) is 11.3. The van der Waals surface area contributed by atoms with Gasteiger partial charge in [0.2, 0.25) is 5.91 Å². The SMILES string of the molecule is CCCNC(=O)C(O)C(C)(C)CCC(C)C. The van der Waals surface area contributed by atoms with Crippen molar-refractivity contribution in [2.45, 2.75) is 60.0 Å². The number of carbonyl (C=O) groups excluding carboxylic acids is 1. The van der Waals surface area contributed by atoms with Gasteiger partial charge in [0.1, 0.15) is 6.10 Å². The fraction of sp³-hybridized carbons (Fsp3) is 0.923. The third-order valence-electron chi connectivity index (χ3n) is 2.90. The van der Waals surface area contributed by atoms with Crippen LogP contribution in [0.4, 0.5) is 0 Å². The molecule has 0 aromatic carbocycles. The molecule has 0 aromatic heterocycles. The van der Waals surface area contributed by atoms with Crippen molar-refractivity contribution in [2.75, 3.05) is 6.54 Å². The third kappa shape index (κ3) is 5.50. The Hall–Kier alpha value is -0.570. The summed E-state index contributed by atoms with van der Waals surface area (Å²) in [4.78, 5) is 11.6. The van der Waals surface area contributed by atoms with E-state index in [0.29, 0.717) is 12.5 Å². The summed E-state index contributed by atoms with van der Waals surface area (Å²) in [6.45, 7) is 10.8. The smallest absolute Gasteiger partial charge is 0.249 e. The summed E-state index contributed by atoms with van der Waals surface area (Å²) >= 11 is 0. The normalized spacial score (nSPS) is 13.9. The molecule has 96 valence electrons. The molecule has 3 nitrogen and oxygen atoms in total. The Morgan fingerprint density at radius 1 is 1.38 bits per heavy atom. The van der Waals surface area contributed by atoms with Crippen LogP contribution in [-0.2, 0) is 4.79 Å². The summed E-state index contributed by atoms with van der Waals surface area (Å²) in [5, 5.41) is 12.7. The van der Waals surface area contributed by atoms with Gasteiger partial charge in [-0.25, -0.2) is 0 Å². The van der Waals surface area contributed by atoms with Crippen LogP contribution >= 0.6 is 0 Å². The zero-order valence-electron chi connectivity index (χ0n) is 11.3. The van der Waals surface area contributed by atoms with E-state index in [9.17, 15) is 9.90 Å². The molecule has 0 aliphatic rings. The monoisotopic (exact) mass is 229 g/mol. The molecule has 0 bridgehead atoms. The number of hydrogen-bond donors (Lipinski definition) is 2. The Morgan fingerprint density at radius 3 is 2.38 bits per heavy atom. The molecule has 0 aliphatic carbocycles. The second-order valence-corrected chi connectivity index (χ2v) is 5.61. The van der Waals surface area contributed by atoms with Gasteiger partial charge in [0, 0.05) is 6.54 Å². The molecule has 0 rings (SSSR count). The van der Waals surface area contributed by atoms with Crippen LogP contribution in [0.15, 0.2) is 0 Å². The lowest BCUT2D eigenvalue weighted by atomic mass is 9.80. The molecule has 0 aliphatic heterocycles. The lowest BCUT2D eigenvalue weighted by Crippen LogP contribution is -2.44. The van der Waals surface area contributed by atoms with Gasteiger partial charge in [0.05, 0.1) is 0 Å². The Kier molecular flexibility index (Phi) is 6.65. The Bertz CT molecular complexity index is 212. The van der Waals surface area contributed by atoms with Crippen molar-refractivity contribution in [2.24, 2.45) is 11.3 Å². The highest BCUT2D eigenvalue weighted by Gasteiger charge is 2.32. The third-order valence-corrected chi connectivity index (χ3v) is 2.90. The second-order valence-electron chi connectivity index (χ2n) is 5.61. The van der Waals surface area contributed by atoms with E-state index in [1.165, 1.54) is 0 Å². The van der Waals surface area contributed by atoms with E-state index in [2.05, 4.69) is 19.2 Å². The predicted octanol–water partition coefficient (Wildman–Crippen LogP) is 2.34. The van der Waals surface area contributed by atoms with Crippen LogP contribution in [-0.4, -0.2) is 23.7 Å². The van der Waals surface area contributed by atoms with Crippen molar-refractivity contribution in [1.29, 1.82) is 0 Å². The number of aliphatic hydroxyl groups excluding tert-OH is 1. The van der Waals surface area contributed by atoms with Gasteiger partial charge in [-0.3, -0.25) is 4.79 Å². The minimum absolute atomic E-state index is 0.240. The van der Waals surface area contributed by atoms with E-state index in [0.717, 1.165) is 19.3 Å². The summed E-state index contributed by atoms with van der Waals surface area (Å²) in [7, 11) is 0. The largest absolute Gasteiger partial charge is 0.383 e. The van der Waals surface area contributed by atoms with Crippen molar-refractivity contribution < 1.29 is 9.90 Å². The first kappa shape index (κ1) is 15.4. The fourth-order valence-electron chi connectivity index (χ4n) is 1.50. The molecule has 0 saturated carbocycles. The van der Waals surface area contributed by atoms with E-state index in [1.807, 2.05) is 20.8 Å². The van der Waals surface area contributed by atoms with E-state index in [1.54, 1.807) is 0 Å². The van der Waals surface area contributed by atoms with E-state index >= 15 is 0 Å². The molecule has 0 heterocycles. The maximum atomic E-state index is 11.6. The van der Waals surface area contributed by atoms with Gasteiger partial charge < -0.3 is 10.4 Å². The Morgan fingerprint density at radius 2 is 1.94 bits per heavy atom. The summed E-state index contributed by atoms with van der Waals surface area (Å²) in [5.74, 6) is 0.362. The highest BCUT2D eigenvalue weighted by molar-refractivity contribution is 5.81. The molecular formula is C13H27NO2. The average Bonchev–Trinajstić information content (AvgIpc) is 2.22. The average molecular weight is 229 g/mol. The van der Waals surface area contributed by atoms with Crippen LogP contribution in [0.5, 0.6) is 0 Å². The van der Waals surface area contributed by atoms with Gasteiger partial charge in [-0.2, -0.15) is 0 Å². The molecule has 1 amide bonds. The molecule has 0 aromatic rings. The number of nitrogens with one attached hydrogen (secondary N) is 1. The number of hydrogen-bond acceptors (Lipinski definition) is 2. The molecule has 0 spiro atoms. The van der Waals surface area contributed by atoms with Gasteiger partial charge in [0.25, 0.3) is 0 Å². The van der Waals surface area contributed by atoms with E-state index in [-0.39, 0.29) is 11.3 Å². The highest BCUT2D eigenvalue weighted by atomic mass is 16.3.